The average Bonchev–Trinajstić information content (AvgIpc) is 2.34. The van der Waals surface area contributed by atoms with Crippen molar-refractivity contribution in [2.45, 2.75) is 13.3 Å². The van der Waals surface area contributed by atoms with Crippen molar-refractivity contribution in [3.05, 3.63) is 32.8 Å². The molecule has 0 spiro atoms. The zero-order valence-electron chi connectivity index (χ0n) is 11.0. The molecule has 0 atom stereocenters. The first-order chi connectivity index (χ1) is 8.88. The predicted octanol–water partition coefficient (Wildman–Crippen LogP) is 2.88. The summed E-state index contributed by atoms with van der Waals surface area (Å²) in [7, 11) is 3.28. The number of nitrogens with zero attached hydrogens (tertiary/aromatic N) is 2. The molecular weight excluding hydrogens is 272 g/mol. The fourth-order valence-electron chi connectivity index (χ4n) is 1.56. The van der Waals surface area contributed by atoms with Gasteiger partial charge < -0.3 is 9.64 Å². The second kappa shape index (κ2) is 6.38. The van der Waals surface area contributed by atoms with Crippen LogP contribution in [0.1, 0.15) is 23.7 Å². The second-order valence-electron chi connectivity index (χ2n) is 4.11. The van der Waals surface area contributed by atoms with Gasteiger partial charge in [-0.2, -0.15) is 0 Å². The summed E-state index contributed by atoms with van der Waals surface area (Å²) >= 11 is 6.00. The first-order valence-corrected chi connectivity index (χ1v) is 6.08. The van der Waals surface area contributed by atoms with E-state index >= 15 is 0 Å². The van der Waals surface area contributed by atoms with Crippen molar-refractivity contribution in [3.63, 3.8) is 0 Å². The Kier molecular flexibility index (Phi) is 5.11. The van der Waals surface area contributed by atoms with E-state index in [2.05, 4.69) is 0 Å². The summed E-state index contributed by atoms with van der Waals surface area (Å²) in [5, 5.41) is 11.2. The molecule has 0 heterocycles. The van der Waals surface area contributed by atoms with E-state index in [9.17, 15) is 14.9 Å². The molecule has 0 aliphatic rings. The van der Waals surface area contributed by atoms with Gasteiger partial charge in [-0.25, -0.2) is 4.79 Å². The molecule has 6 nitrogen and oxygen atoms in total. The first kappa shape index (κ1) is 15.2. The Morgan fingerprint density at radius 2 is 2.11 bits per heavy atom. The van der Waals surface area contributed by atoms with Gasteiger partial charge in [-0.1, -0.05) is 18.5 Å². The van der Waals surface area contributed by atoms with E-state index in [4.69, 9.17) is 16.3 Å². The summed E-state index contributed by atoms with van der Waals surface area (Å²) in [5.74, 6) is -0.614. The van der Waals surface area contributed by atoms with Crippen molar-refractivity contribution < 1.29 is 14.5 Å². The highest BCUT2D eigenvalue weighted by molar-refractivity contribution is 6.34. The van der Waals surface area contributed by atoms with Crippen LogP contribution in [0.2, 0.25) is 5.02 Å². The first-order valence-electron chi connectivity index (χ1n) is 5.70. The summed E-state index contributed by atoms with van der Waals surface area (Å²) in [6, 6.07) is 2.56. The Labute approximate surface area is 116 Å². The topological polar surface area (TPSA) is 72.7 Å². The molecule has 0 bridgehead atoms. The largest absolute Gasteiger partial charge is 0.462 e. The highest BCUT2D eigenvalue weighted by Crippen LogP contribution is 2.35. The van der Waals surface area contributed by atoms with Crippen LogP contribution in [0, 0.1) is 10.1 Å². The van der Waals surface area contributed by atoms with E-state index < -0.39 is 10.9 Å². The van der Waals surface area contributed by atoms with Crippen LogP contribution in [0.5, 0.6) is 0 Å². The van der Waals surface area contributed by atoms with Crippen molar-refractivity contribution >= 4 is 28.9 Å². The predicted molar refractivity (Wildman–Crippen MR) is 73.0 cm³/mol. The lowest BCUT2D eigenvalue weighted by molar-refractivity contribution is -0.384. The SMILES string of the molecule is CCCOC(=O)c1cc(Cl)c(N(C)C)c([N+](=O)[O-])c1. The maximum absolute atomic E-state index is 11.7. The number of benzene rings is 1. The van der Waals surface area contributed by atoms with Gasteiger partial charge in [0, 0.05) is 20.2 Å². The second-order valence-corrected chi connectivity index (χ2v) is 4.52. The van der Waals surface area contributed by atoms with Crippen LogP contribution in [-0.4, -0.2) is 31.6 Å². The third-order valence-corrected chi connectivity index (χ3v) is 2.65. The molecule has 0 unspecified atom stereocenters. The van der Waals surface area contributed by atoms with E-state index in [1.54, 1.807) is 14.1 Å². The van der Waals surface area contributed by atoms with E-state index in [1.165, 1.54) is 17.0 Å². The zero-order chi connectivity index (χ0) is 14.6. The van der Waals surface area contributed by atoms with Gasteiger partial charge in [-0.05, 0) is 12.5 Å². The van der Waals surface area contributed by atoms with Crippen molar-refractivity contribution in [2.24, 2.45) is 0 Å². The van der Waals surface area contributed by atoms with Crippen LogP contribution in [0.25, 0.3) is 0 Å². The normalized spacial score (nSPS) is 10.1. The van der Waals surface area contributed by atoms with Crippen LogP contribution < -0.4 is 4.90 Å². The van der Waals surface area contributed by atoms with Gasteiger partial charge in [0.05, 0.1) is 22.1 Å². The lowest BCUT2D eigenvalue weighted by Gasteiger charge is -2.15. The van der Waals surface area contributed by atoms with Crippen LogP contribution in [0.4, 0.5) is 11.4 Å². The molecule has 0 N–H and O–H groups in total. The molecule has 0 aliphatic heterocycles. The standard InChI is InChI=1S/C12H15ClN2O4/c1-4-5-19-12(16)8-6-9(13)11(14(2)3)10(7-8)15(17)18/h6-7H,4-5H2,1-3H3. The molecule has 0 saturated heterocycles. The number of nitro groups is 1. The Morgan fingerprint density at radius 3 is 2.58 bits per heavy atom. The van der Waals surface area contributed by atoms with Crippen LogP contribution in [0.3, 0.4) is 0 Å². The molecule has 1 aromatic carbocycles. The lowest BCUT2D eigenvalue weighted by atomic mass is 10.1. The summed E-state index contributed by atoms with van der Waals surface area (Å²) in [4.78, 5) is 23.7. The van der Waals surface area contributed by atoms with Crippen LogP contribution in [0.15, 0.2) is 12.1 Å². The van der Waals surface area contributed by atoms with Crippen LogP contribution in [-0.2, 0) is 4.74 Å². The highest BCUT2D eigenvalue weighted by Gasteiger charge is 2.23. The summed E-state index contributed by atoms with van der Waals surface area (Å²) in [6.07, 6.45) is 0.678. The molecule has 0 saturated carbocycles. The number of hydrogen-bond donors (Lipinski definition) is 0. The maximum Gasteiger partial charge on any atom is 0.338 e. The lowest BCUT2D eigenvalue weighted by Crippen LogP contribution is -2.13. The van der Waals surface area contributed by atoms with Crippen molar-refractivity contribution in [2.75, 3.05) is 25.6 Å². The Bertz CT molecular complexity index is 503. The molecule has 19 heavy (non-hydrogen) atoms. The maximum atomic E-state index is 11.7. The Balaban J connectivity index is 3.24. The number of halogens is 1. The summed E-state index contributed by atoms with van der Waals surface area (Å²) in [5.41, 5.74) is 0.121. The smallest absolute Gasteiger partial charge is 0.338 e. The van der Waals surface area contributed by atoms with Gasteiger partial charge in [-0.3, -0.25) is 10.1 Å². The Hall–Kier alpha value is -1.82. The average molecular weight is 287 g/mol. The third-order valence-electron chi connectivity index (χ3n) is 2.36. The van der Waals surface area contributed by atoms with Crippen molar-refractivity contribution in [3.8, 4) is 0 Å². The zero-order valence-corrected chi connectivity index (χ0v) is 11.7. The van der Waals surface area contributed by atoms with E-state index in [1.807, 2.05) is 6.92 Å². The molecule has 0 aliphatic carbocycles. The van der Waals surface area contributed by atoms with Gasteiger partial charge in [0.2, 0.25) is 0 Å². The van der Waals surface area contributed by atoms with Gasteiger partial charge >= 0.3 is 5.97 Å². The van der Waals surface area contributed by atoms with E-state index in [-0.39, 0.29) is 28.6 Å². The molecule has 104 valence electrons. The number of carbonyl (C=O) groups excluding carboxylic acids is 1. The van der Waals surface area contributed by atoms with Gasteiger partial charge in [0.25, 0.3) is 5.69 Å². The van der Waals surface area contributed by atoms with Gasteiger partial charge in [0.1, 0.15) is 5.69 Å². The van der Waals surface area contributed by atoms with Crippen molar-refractivity contribution in [1.82, 2.24) is 0 Å². The minimum Gasteiger partial charge on any atom is -0.462 e. The number of anilines is 1. The molecular formula is C12H15ClN2O4. The fraction of sp³-hybridized carbons (Fsp3) is 0.417. The molecule has 1 rings (SSSR count). The van der Waals surface area contributed by atoms with Crippen LogP contribution >= 0.6 is 11.6 Å². The molecule has 1 aromatic rings. The third kappa shape index (κ3) is 3.57. The monoisotopic (exact) mass is 286 g/mol. The molecule has 0 aromatic heterocycles. The van der Waals surface area contributed by atoms with Gasteiger partial charge in [-0.15, -0.1) is 0 Å². The highest BCUT2D eigenvalue weighted by atomic mass is 35.5. The Morgan fingerprint density at radius 1 is 1.47 bits per heavy atom. The summed E-state index contributed by atoms with van der Waals surface area (Å²) in [6.45, 7) is 2.12. The molecule has 0 radical (unpaired) electrons. The van der Waals surface area contributed by atoms with E-state index in [0.717, 1.165) is 0 Å². The van der Waals surface area contributed by atoms with Gasteiger partial charge in [0.15, 0.2) is 0 Å². The minimum atomic E-state index is -0.614. The van der Waals surface area contributed by atoms with Crippen molar-refractivity contribution in [1.29, 1.82) is 0 Å². The molecule has 7 heteroatoms. The number of rotatable bonds is 5. The number of ether oxygens (including phenoxy) is 1. The number of hydrogen-bond acceptors (Lipinski definition) is 5. The summed E-state index contributed by atoms with van der Waals surface area (Å²) < 4.78 is 4.93. The quantitative estimate of drug-likeness (QED) is 0.473. The number of nitro benzene ring substituents is 1. The fourth-order valence-corrected chi connectivity index (χ4v) is 1.95. The van der Waals surface area contributed by atoms with E-state index in [0.29, 0.717) is 6.42 Å². The number of esters is 1. The number of carbonyl (C=O) groups is 1. The minimum absolute atomic E-state index is 0.0794. The molecule has 0 amide bonds. The molecule has 0 fully saturated rings.